The van der Waals surface area contributed by atoms with E-state index in [-0.39, 0.29) is 5.75 Å². The Morgan fingerprint density at radius 3 is 2.52 bits per heavy atom. The van der Waals surface area contributed by atoms with Crippen LogP contribution in [0.5, 0.6) is 5.75 Å². The van der Waals surface area contributed by atoms with Crippen LogP contribution >= 0.6 is 0 Å². The van der Waals surface area contributed by atoms with Crippen LogP contribution in [0.25, 0.3) is 0 Å². The van der Waals surface area contributed by atoms with Crippen LogP contribution < -0.4 is 20.5 Å². The molecule has 0 spiro atoms. The summed E-state index contributed by atoms with van der Waals surface area (Å²) >= 11 is 0. The molecule has 132 valence electrons. The van der Waals surface area contributed by atoms with E-state index in [0.29, 0.717) is 11.6 Å². The summed E-state index contributed by atoms with van der Waals surface area (Å²) in [6.07, 6.45) is 0. The number of amides is 2. The molecule has 0 bridgehead atoms. The highest BCUT2D eigenvalue weighted by atomic mass is 19.1. The third kappa shape index (κ3) is 5.17. The van der Waals surface area contributed by atoms with Gasteiger partial charge in [-0.1, -0.05) is 6.07 Å². The fourth-order valence-electron chi connectivity index (χ4n) is 1.90. The van der Waals surface area contributed by atoms with Crippen molar-refractivity contribution in [2.75, 3.05) is 25.6 Å². The van der Waals surface area contributed by atoms with Gasteiger partial charge in [0.15, 0.2) is 18.2 Å². The zero-order valence-electron chi connectivity index (χ0n) is 13.7. The summed E-state index contributed by atoms with van der Waals surface area (Å²) in [6.45, 7) is -0.541. The monoisotopic (exact) mass is 349 g/mol. The van der Waals surface area contributed by atoms with Gasteiger partial charge in [0.05, 0.1) is 0 Å². The molecular weight excluding hydrogens is 332 g/mol. The molecule has 0 fully saturated rings. The normalized spacial score (nSPS) is 10.1. The van der Waals surface area contributed by atoms with Gasteiger partial charge in [0.2, 0.25) is 0 Å². The smallest absolute Gasteiger partial charge is 0.276 e. The molecule has 0 aliphatic heterocycles. The second-order valence-electron chi connectivity index (χ2n) is 5.31. The molecule has 25 heavy (non-hydrogen) atoms. The van der Waals surface area contributed by atoms with Gasteiger partial charge in [0.25, 0.3) is 11.8 Å². The molecule has 0 aliphatic rings. The molecule has 2 aromatic rings. The van der Waals surface area contributed by atoms with Gasteiger partial charge >= 0.3 is 0 Å². The number of hydrogen-bond acceptors (Lipinski definition) is 4. The third-order valence-electron chi connectivity index (χ3n) is 3.19. The Morgan fingerprint density at radius 2 is 1.84 bits per heavy atom. The molecule has 6 nitrogen and oxygen atoms in total. The molecule has 8 heteroatoms. The number of anilines is 1. The average Bonchev–Trinajstić information content (AvgIpc) is 2.59. The first kappa shape index (κ1) is 18.2. The van der Waals surface area contributed by atoms with Crippen molar-refractivity contribution in [3.63, 3.8) is 0 Å². The Bertz CT molecular complexity index is 781. The third-order valence-corrected chi connectivity index (χ3v) is 3.19. The van der Waals surface area contributed by atoms with Crippen molar-refractivity contribution >= 4 is 17.5 Å². The molecule has 0 aliphatic carbocycles. The Balaban J connectivity index is 1.85. The van der Waals surface area contributed by atoms with E-state index in [2.05, 4.69) is 10.9 Å². The summed E-state index contributed by atoms with van der Waals surface area (Å²) in [7, 11) is 3.68. The average molecular weight is 349 g/mol. The molecule has 0 unspecified atom stereocenters. The van der Waals surface area contributed by atoms with Gasteiger partial charge in [-0.15, -0.1) is 0 Å². The number of carbonyl (C=O) groups excluding carboxylic acids is 2. The van der Waals surface area contributed by atoms with Gasteiger partial charge in [0.1, 0.15) is 5.82 Å². The van der Waals surface area contributed by atoms with Crippen molar-refractivity contribution < 1.29 is 23.1 Å². The van der Waals surface area contributed by atoms with Crippen LogP contribution in [-0.4, -0.2) is 32.5 Å². The molecule has 2 amide bonds. The van der Waals surface area contributed by atoms with Crippen LogP contribution in [0, 0.1) is 11.6 Å². The highest BCUT2D eigenvalue weighted by Crippen LogP contribution is 2.17. The van der Waals surface area contributed by atoms with Crippen LogP contribution in [0.3, 0.4) is 0 Å². The zero-order chi connectivity index (χ0) is 18.4. The number of halogens is 2. The van der Waals surface area contributed by atoms with Crippen LogP contribution in [-0.2, 0) is 4.79 Å². The maximum Gasteiger partial charge on any atom is 0.276 e. The summed E-state index contributed by atoms with van der Waals surface area (Å²) in [6, 6.07) is 9.53. The first-order chi connectivity index (χ1) is 11.9. The van der Waals surface area contributed by atoms with Gasteiger partial charge in [-0.3, -0.25) is 20.4 Å². The van der Waals surface area contributed by atoms with Crippen molar-refractivity contribution in [1.82, 2.24) is 10.9 Å². The first-order valence-corrected chi connectivity index (χ1v) is 7.31. The van der Waals surface area contributed by atoms with E-state index in [1.54, 1.807) is 18.2 Å². The molecule has 2 N–H and O–H groups in total. The largest absolute Gasteiger partial charge is 0.481 e. The highest BCUT2D eigenvalue weighted by Gasteiger charge is 2.11. The predicted octanol–water partition coefficient (Wildman–Crippen LogP) is 1.87. The molecular formula is C17H17F2N3O3. The fourth-order valence-corrected chi connectivity index (χ4v) is 1.90. The molecule has 0 saturated heterocycles. The van der Waals surface area contributed by atoms with Crippen molar-refractivity contribution in [1.29, 1.82) is 0 Å². The number of hydrogen-bond donors (Lipinski definition) is 2. The molecule has 0 heterocycles. The summed E-state index contributed by atoms with van der Waals surface area (Å²) in [5.41, 5.74) is 5.58. The molecule has 0 aromatic heterocycles. The number of rotatable bonds is 5. The lowest BCUT2D eigenvalue weighted by molar-refractivity contribution is -0.123. The number of ether oxygens (including phenoxy) is 1. The summed E-state index contributed by atoms with van der Waals surface area (Å²) in [5.74, 6) is -3.13. The number of nitrogens with zero attached hydrogens (tertiary/aromatic N) is 1. The molecule has 0 atom stereocenters. The van der Waals surface area contributed by atoms with Gasteiger partial charge in [0, 0.05) is 31.4 Å². The van der Waals surface area contributed by atoms with Crippen molar-refractivity contribution in [3.05, 3.63) is 59.7 Å². The Morgan fingerprint density at radius 1 is 1.08 bits per heavy atom. The Labute approximate surface area is 143 Å². The predicted molar refractivity (Wildman–Crippen MR) is 88.2 cm³/mol. The van der Waals surface area contributed by atoms with E-state index < -0.39 is 30.1 Å². The topological polar surface area (TPSA) is 70.7 Å². The second kappa shape index (κ2) is 8.09. The lowest BCUT2D eigenvalue weighted by Gasteiger charge is -2.14. The molecule has 2 rings (SSSR count). The number of nitrogens with one attached hydrogen (secondary N) is 2. The second-order valence-corrected chi connectivity index (χ2v) is 5.31. The van der Waals surface area contributed by atoms with E-state index >= 15 is 0 Å². The minimum absolute atomic E-state index is 0.262. The summed E-state index contributed by atoms with van der Waals surface area (Å²) < 4.78 is 31.1. The molecule has 2 aromatic carbocycles. The fraction of sp³-hybridized carbons (Fsp3) is 0.176. The quantitative estimate of drug-likeness (QED) is 0.809. The first-order valence-electron chi connectivity index (χ1n) is 7.31. The van der Waals surface area contributed by atoms with Gasteiger partial charge in [-0.25, -0.2) is 8.78 Å². The lowest BCUT2D eigenvalue weighted by atomic mass is 10.2. The maximum atomic E-state index is 13.4. The Kier molecular flexibility index (Phi) is 5.89. The van der Waals surface area contributed by atoms with Gasteiger partial charge in [-0.2, -0.15) is 0 Å². The maximum absolute atomic E-state index is 13.4. The highest BCUT2D eigenvalue weighted by molar-refractivity contribution is 5.96. The van der Waals surface area contributed by atoms with Crippen LogP contribution in [0.1, 0.15) is 10.4 Å². The molecule has 0 saturated carbocycles. The Hall–Kier alpha value is -3.16. The summed E-state index contributed by atoms with van der Waals surface area (Å²) in [4.78, 5) is 25.5. The van der Waals surface area contributed by atoms with Crippen molar-refractivity contribution in [2.24, 2.45) is 0 Å². The SMILES string of the molecule is CN(C)c1cccc(C(=O)NNC(=O)COc2ccc(F)cc2F)c1. The van der Waals surface area contributed by atoms with Gasteiger partial charge in [-0.05, 0) is 30.3 Å². The summed E-state index contributed by atoms with van der Waals surface area (Å²) in [5, 5.41) is 0. The van der Waals surface area contributed by atoms with Gasteiger partial charge < -0.3 is 9.64 Å². The van der Waals surface area contributed by atoms with Crippen LogP contribution in [0.4, 0.5) is 14.5 Å². The van der Waals surface area contributed by atoms with E-state index in [0.717, 1.165) is 17.8 Å². The van der Waals surface area contributed by atoms with E-state index in [1.165, 1.54) is 0 Å². The van der Waals surface area contributed by atoms with Crippen LogP contribution in [0.15, 0.2) is 42.5 Å². The lowest BCUT2D eigenvalue weighted by Crippen LogP contribution is -2.43. The van der Waals surface area contributed by atoms with E-state index in [4.69, 9.17) is 4.74 Å². The number of carbonyl (C=O) groups is 2. The van der Waals surface area contributed by atoms with Crippen molar-refractivity contribution in [2.45, 2.75) is 0 Å². The van der Waals surface area contributed by atoms with Crippen LogP contribution in [0.2, 0.25) is 0 Å². The number of hydrazine groups is 1. The van der Waals surface area contributed by atoms with E-state index in [9.17, 15) is 18.4 Å². The van der Waals surface area contributed by atoms with Crippen molar-refractivity contribution in [3.8, 4) is 5.75 Å². The standard InChI is InChI=1S/C17H17F2N3O3/c1-22(2)13-5-3-4-11(8-13)17(24)21-20-16(23)10-25-15-7-6-12(18)9-14(15)19/h3-9H,10H2,1-2H3,(H,20,23)(H,21,24). The van der Waals surface area contributed by atoms with E-state index in [1.807, 2.05) is 25.1 Å². The molecule has 0 radical (unpaired) electrons. The number of benzene rings is 2. The minimum Gasteiger partial charge on any atom is -0.481 e. The minimum atomic E-state index is -0.919. The zero-order valence-corrected chi connectivity index (χ0v) is 13.7.